The number of hydrogen-bond acceptors (Lipinski definition) is 4. The molecule has 1 aliphatic heterocycles. The van der Waals surface area contributed by atoms with Gasteiger partial charge in [0.2, 0.25) is 11.1 Å². The predicted molar refractivity (Wildman–Crippen MR) is 97.8 cm³/mol. The van der Waals surface area contributed by atoms with Gasteiger partial charge in [-0.25, -0.2) is 0 Å². The van der Waals surface area contributed by atoms with Crippen molar-refractivity contribution in [1.82, 2.24) is 0 Å². The summed E-state index contributed by atoms with van der Waals surface area (Å²) in [4.78, 5) is 0. The molecule has 1 heterocycles. The number of nitrogens with two attached hydrogens (primary N) is 1. The molecule has 7 heteroatoms. The normalized spacial score (nSPS) is 27.2. The molecule has 4 nitrogen and oxygen atoms in total. The van der Waals surface area contributed by atoms with Gasteiger partial charge < -0.3 is 0 Å². The summed E-state index contributed by atoms with van der Waals surface area (Å²) in [6.07, 6.45) is 1.99. The summed E-state index contributed by atoms with van der Waals surface area (Å²) in [6, 6.07) is 11.6. The summed E-state index contributed by atoms with van der Waals surface area (Å²) in [5.41, 5.74) is -0.0550. The molecule has 0 radical (unpaired) electrons. The minimum Gasteiger partial charge on any atom is -0.258 e. The van der Waals surface area contributed by atoms with Crippen LogP contribution in [0.3, 0.4) is 0 Å². The lowest BCUT2D eigenvalue weighted by Crippen LogP contribution is -2.61. The maximum absolute atomic E-state index is 9.92. The first kappa shape index (κ1) is 17.8. The molecule has 2 N–H and O–H groups in total. The summed E-state index contributed by atoms with van der Waals surface area (Å²) in [6.45, 7) is 0. The highest BCUT2D eigenvalue weighted by atomic mass is 35.5. The van der Waals surface area contributed by atoms with Crippen molar-refractivity contribution >= 4 is 40.7 Å². The number of hydrogen-bond donors (Lipinski definition) is 1. The lowest BCUT2D eigenvalue weighted by atomic mass is 9.55. The Hall–Kier alpha value is -1.97. The number of thioether (sulfide) groups is 1. The first-order valence-electron chi connectivity index (χ1n) is 7.58. The third-order valence-electron chi connectivity index (χ3n) is 4.93. The fourth-order valence-electron chi connectivity index (χ4n) is 3.75. The standard InChI is InChI=1S/C18H12Cl2N4S/c19-14-3-1-2-11(16(14)20)15-13-7-25-5-4-10(13)12(6-21)17(24)18(15,8-22)9-23/h1-4,12-13,15,24H,5,7H2/p+1/t12-,13+,15-/m1/s1. The van der Waals surface area contributed by atoms with Gasteiger partial charge >= 0.3 is 0 Å². The Morgan fingerprint density at radius 1 is 1.20 bits per heavy atom. The number of nitriles is 3. The molecule has 0 saturated heterocycles. The molecule has 0 spiro atoms. The summed E-state index contributed by atoms with van der Waals surface area (Å²) in [7, 11) is 0. The van der Waals surface area contributed by atoms with Gasteiger partial charge in [0.25, 0.3) is 0 Å². The van der Waals surface area contributed by atoms with Crippen molar-refractivity contribution in [1.29, 1.82) is 15.8 Å². The Morgan fingerprint density at radius 3 is 2.56 bits per heavy atom. The zero-order chi connectivity index (χ0) is 18.2. The van der Waals surface area contributed by atoms with Crippen LogP contribution in [0, 0.1) is 51.2 Å². The molecule has 1 fully saturated rings. The third-order valence-corrected chi connectivity index (χ3v) is 6.76. The average Bonchev–Trinajstić information content (AvgIpc) is 2.64. The molecule has 0 aromatic heterocycles. The molecular weight excluding hydrogens is 375 g/mol. The summed E-state index contributed by atoms with van der Waals surface area (Å²) < 4.78 is 0. The average molecular weight is 388 g/mol. The number of fused-ring (bicyclic) bond motifs is 1. The second kappa shape index (κ2) is 6.74. The number of rotatable bonds is 1. The van der Waals surface area contributed by atoms with Crippen LogP contribution in [0.25, 0.3) is 0 Å². The molecule has 1 aromatic rings. The van der Waals surface area contributed by atoms with Crippen molar-refractivity contribution in [3.63, 3.8) is 0 Å². The second-order valence-corrected chi connectivity index (χ2v) is 7.88. The Kier molecular flexibility index (Phi) is 4.81. The van der Waals surface area contributed by atoms with E-state index in [2.05, 4.69) is 18.2 Å². The summed E-state index contributed by atoms with van der Waals surface area (Å²) >= 11 is 14.3. The highest BCUT2D eigenvalue weighted by Gasteiger charge is 2.61. The van der Waals surface area contributed by atoms with E-state index in [0.717, 1.165) is 11.3 Å². The minimum atomic E-state index is -1.63. The molecule has 25 heavy (non-hydrogen) atoms. The van der Waals surface area contributed by atoms with Crippen molar-refractivity contribution in [3.8, 4) is 18.2 Å². The SMILES string of the molecule is N#C[C@H]1C(=[NH2+])C(C#N)(C#N)[C@H](c2cccc(Cl)c2Cl)[C@H]2CSCC=C12. The fourth-order valence-corrected chi connectivity index (χ4v) is 5.27. The van der Waals surface area contributed by atoms with Gasteiger partial charge in [-0.3, -0.25) is 5.41 Å². The van der Waals surface area contributed by atoms with Gasteiger partial charge in [0.1, 0.15) is 5.92 Å². The van der Waals surface area contributed by atoms with Gasteiger partial charge in [0, 0.05) is 23.3 Å². The number of nitrogens with zero attached hydrogens (tertiary/aromatic N) is 3. The largest absolute Gasteiger partial charge is 0.258 e. The third kappa shape index (κ3) is 2.54. The number of allylic oxidation sites excluding steroid dienone is 1. The van der Waals surface area contributed by atoms with E-state index in [1.807, 2.05) is 6.08 Å². The molecule has 3 atom stereocenters. The van der Waals surface area contributed by atoms with Gasteiger partial charge in [0.05, 0.1) is 28.3 Å². The Bertz CT molecular complexity index is 889. The number of benzene rings is 1. The topological polar surface area (TPSA) is 97.0 Å². The van der Waals surface area contributed by atoms with Gasteiger partial charge in [-0.2, -0.15) is 27.5 Å². The molecule has 0 bridgehead atoms. The van der Waals surface area contributed by atoms with E-state index in [0.29, 0.717) is 21.4 Å². The lowest BCUT2D eigenvalue weighted by Gasteiger charge is -2.43. The monoisotopic (exact) mass is 387 g/mol. The van der Waals surface area contributed by atoms with Gasteiger partial charge in [0.15, 0.2) is 0 Å². The Labute approximate surface area is 160 Å². The van der Waals surface area contributed by atoms with Crippen LogP contribution in [-0.4, -0.2) is 17.2 Å². The zero-order valence-electron chi connectivity index (χ0n) is 13.0. The van der Waals surface area contributed by atoms with Crippen molar-refractivity contribution < 1.29 is 5.41 Å². The van der Waals surface area contributed by atoms with E-state index in [1.54, 1.807) is 30.0 Å². The van der Waals surface area contributed by atoms with E-state index in [1.165, 1.54) is 0 Å². The van der Waals surface area contributed by atoms with Crippen molar-refractivity contribution in [2.75, 3.05) is 11.5 Å². The molecule has 1 saturated carbocycles. The highest BCUT2D eigenvalue weighted by molar-refractivity contribution is 7.99. The van der Waals surface area contributed by atoms with E-state index in [-0.39, 0.29) is 11.6 Å². The summed E-state index contributed by atoms with van der Waals surface area (Å²) in [5, 5.41) is 36.4. The maximum Gasteiger partial charge on any atom is 0.231 e. The van der Waals surface area contributed by atoms with Crippen molar-refractivity contribution in [2.45, 2.75) is 5.92 Å². The molecule has 3 rings (SSSR count). The lowest BCUT2D eigenvalue weighted by molar-refractivity contribution is -0.128. The van der Waals surface area contributed by atoms with Gasteiger partial charge in [-0.15, -0.1) is 0 Å². The second-order valence-electron chi connectivity index (χ2n) is 6.02. The molecule has 1 aromatic carbocycles. The Morgan fingerprint density at radius 2 is 1.92 bits per heavy atom. The first-order chi connectivity index (χ1) is 12.0. The van der Waals surface area contributed by atoms with Crippen molar-refractivity contribution in [3.05, 3.63) is 45.5 Å². The van der Waals surface area contributed by atoms with Crippen LogP contribution in [0.4, 0.5) is 0 Å². The van der Waals surface area contributed by atoms with E-state index < -0.39 is 17.3 Å². The van der Waals surface area contributed by atoms with Crippen LogP contribution < -0.4 is 5.41 Å². The minimum absolute atomic E-state index is 0.0791. The van der Waals surface area contributed by atoms with Crippen LogP contribution in [0.15, 0.2) is 29.8 Å². The van der Waals surface area contributed by atoms with E-state index >= 15 is 0 Å². The van der Waals surface area contributed by atoms with Gasteiger partial charge in [-0.05, 0) is 17.2 Å². The van der Waals surface area contributed by atoms with Crippen LogP contribution in [-0.2, 0) is 0 Å². The first-order valence-corrected chi connectivity index (χ1v) is 9.49. The van der Waals surface area contributed by atoms with Crippen LogP contribution in [0.5, 0.6) is 0 Å². The van der Waals surface area contributed by atoms with E-state index in [4.69, 9.17) is 28.6 Å². The summed E-state index contributed by atoms with van der Waals surface area (Å²) in [5.74, 6) is -0.0160. The fraction of sp³-hybridized carbons (Fsp3) is 0.333. The van der Waals surface area contributed by atoms with Crippen LogP contribution in [0.1, 0.15) is 11.5 Å². The molecule has 2 aliphatic rings. The molecular formula is C18H13Cl2N4S+. The van der Waals surface area contributed by atoms with E-state index in [9.17, 15) is 15.8 Å². The number of halogens is 2. The molecule has 0 amide bonds. The Balaban J connectivity index is 2.32. The maximum atomic E-state index is 9.92. The molecule has 124 valence electrons. The highest BCUT2D eigenvalue weighted by Crippen LogP contribution is 2.55. The smallest absolute Gasteiger partial charge is 0.231 e. The zero-order valence-corrected chi connectivity index (χ0v) is 15.4. The predicted octanol–water partition coefficient (Wildman–Crippen LogP) is 2.75. The van der Waals surface area contributed by atoms with Crippen LogP contribution >= 0.6 is 35.0 Å². The molecule has 0 unspecified atom stereocenters. The van der Waals surface area contributed by atoms with Crippen LogP contribution in [0.2, 0.25) is 10.0 Å². The molecule has 1 aliphatic carbocycles. The van der Waals surface area contributed by atoms with Crippen molar-refractivity contribution in [2.24, 2.45) is 17.3 Å². The quantitative estimate of drug-likeness (QED) is 0.748. The van der Waals surface area contributed by atoms with Gasteiger partial charge in [-0.1, -0.05) is 41.4 Å².